The molecule has 1 aliphatic heterocycles. The van der Waals surface area contributed by atoms with E-state index in [2.05, 4.69) is 0 Å². The van der Waals surface area contributed by atoms with Gasteiger partial charge in [0.15, 0.2) is 11.5 Å². The van der Waals surface area contributed by atoms with Crippen molar-refractivity contribution in [2.45, 2.75) is 6.04 Å². The quantitative estimate of drug-likeness (QED) is 0.355. The smallest absolute Gasteiger partial charge is 0.337 e. The summed E-state index contributed by atoms with van der Waals surface area (Å²) in [6.07, 6.45) is 1.41. The third kappa shape index (κ3) is 3.28. The molecule has 1 N–H and O–H groups in total. The first-order valence-electron chi connectivity index (χ1n) is 10.0. The molecular formula is C25H17NO7. The molecule has 8 heteroatoms. The third-order valence-corrected chi connectivity index (χ3v) is 5.48. The highest BCUT2D eigenvalue weighted by molar-refractivity contribution is 6.20. The van der Waals surface area contributed by atoms with Crippen LogP contribution in [-0.4, -0.2) is 29.9 Å². The number of nitrogens with zero attached hydrogens (tertiary/aromatic N) is 1. The topological polar surface area (TPSA) is 110 Å². The summed E-state index contributed by atoms with van der Waals surface area (Å²) < 4.78 is 15.9. The summed E-state index contributed by atoms with van der Waals surface area (Å²) in [5, 5.41) is 11.5. The predicted octanol–water partition coefficient (Wildman–Crippen LogP) is 4.60. The Balaban J connectivity index is 1.59. The number of fused-ring (bicyclic) bond motifs is 1. The van der Waals surface area contributed by atoms with E-state index in [0.29, 0.717) is 16.8 Å². The summed E-state index contributed by atoms with van der Waals surface area (Å²) in [6.45, 7) is 0. The number of ketones is 1. The standard InChI is InChI=1S/C25H17NO7/c1-31-25(30)14-8-10-16(11-9-14)26-21(18-7-4-12-32-18)20(23(28)24(26)29)22(27)19-13-15-5-2-3-6-17(15)33-19/h2-13,21,28H,1H3. The second-order valence-corrected chi connectivity index (χ2v) is 7.37. The van der Waals surface area contributed by atoms with Gasteiger partial charge in [-0.2, -0.15) is 0 Å². The Kier molecular flexibility index (Phi) is 4.82. The van der Waals surface area contributed by atoms with Crippen molar-refractivity contribution in [3.8, 4) is 0 Å². The number of Topliss-reactive ketones (excluding diaryl/α,β-unsaturated/α-hetero) is 1. The van der Waals surface area contributed by atoms with Crippen LogP contribution in [0.5, 0.6) is 0 Å². The van der Waals surface area contributed by atoms with Crippen molar-refractivity contribution in [3.05, 3.63) is 101 Å². The molecule has 33 heavy (non-hydrogen) atoms. The number of methoxy groups -OCH3 is 1. The molecule has 1 unspecified atom stereocenters. The van der Waals surface area contributed by atoms with Crippen LogP contribution in [0.3, 0.4) is 0 Å². The van der Waals surface area contributed by atoms with Crippen LogP contribution < -0.4 is 4.90 Å². The first kappa shape index (κ1) is 20.3. The Morgan fingerprint density at radius 1 is 1.03 bits per heavy atom. The number of amides is 1. The fourth-order valence-electron chi connectivity index (χ4n) is 3.92. The number of rotatable bonds is 5. The highest BCUT2D eigenvalue weighted by Gasteiger charge is 2.46. The summed E-state index contributed by atoms with van der Waals surface area (Å²) in [5.41, 5.74) is 0.993. The third-order valence-electron chi connectivity index (χ3n) is 5.48. The second kappa shape index (κ2) is 7.83. The molecule has 3 heterocycles. The first-order valence-corrected chi connectivity index (χ1v) is 10.0. The van der Waals surface area contributed by atoms with Gasteiger partial charge < -0.3 is 18.7 Å². The van der Waals surface area contributed by atoms with E-state index in [1.165, 1.54) is 42.5 Å². The molecule has 2 aromatic carbocycles. The van der Waals surface area contributed by atoms with E-state index in [1.54, 1.807) is 36.4 Å². The normalized spacial score (nSPS) is 16.0. The second-order valence-electron chi connectivity index (χ2n) is 7.37. The number of ether oxygens (including phenoxy) is 1. The molecule has 1 aliphatic rings. The van der Waals surface area contributed by atoms with E-state index in [4.69, 9.17) is 13.6 Å². The molecule has 164 valence electrons. The van der Waals surface area contributed by atoms with Gasteiger partial charge in [0.1, 0.15) is 17.4 Å². The Morgan fingerprint density at radius 2 is 1.79 bits per heavy atom. The highest BCUT2D eigenvalue weighted by atomic mass is 16.5. The van der Waals surface area contributed by atoms with Crippen molar-refractivity contribution in [1.29, 1.82) is 0 Å². The van der Waals surface area contributed by atoms with Crippen LogP contribution in [0.15, 0.2) is 93.2 Å². The highest BCUT2D eigenvalue weighted by Crippen LogP contribution is 2.42. The SMILES string of the molecule is COC(=O)c1ccc(N2C(=O)C(O)=C(C(=O)c3cc4ccccc4o3)C2c2ccco2)cc1. The Hall–Kier alpha value is -4.59. The number of esters is 1. The molecule has 1 atom stereocenters. The molecule has 0 aliphatic carbocycles. The summed E-state index contributed by atoms with van der Waals surface area (Å²) >= 11 is 0. The van der Waals surface area contributed by atoms with Gasteiger partial charge in [-0.15, -0.1) is 0 Å². The minimum absolute atomic E-state index is 0.00926. The van der Waals surface area contributed by atoms with Gasteiger partial charge in [0, 0.05) is 11.1 Å². The van der Waals surface area contributed by atoms with Crippen LogP contribution in [0, 0.1) is 0 Å². The lowest BCUT2D eigenvalue weighted by atomic mass is 9.99. The monoisotopic (exact) mass is 443 g/mol. The van der Waals surface area contributed by atoms with Crippen molar-refractivity contribution in [3.63, 3.8) is 0 Å². The van der Waals surface area contributed by atoms with Crippen LogP contribution in [-0.2, 0) is 9.53 Å². The average Bonchev–Trinajstić information content (AvgIpc) is 3.57. The number of carbonyl (C=O) groups excluding carboxylic acids is 3. The number of furan rings is 2. The van der Waals surface area contributed by atoms with E-state index in [1.807, 2.05) is 6.07 Å². The molecule has 2 aromatic heterocycles. The van der Waals surface area contributed by atoms with Gasteiger partial charge in [0.05, 0.1) is 24.5 Å². The largest absolute Gasteiger partial charge is 0.503 e. The average molecular weight is 443 g/mol. The van der Waals surface area contributed by atoms with Crippen LogP contribution >= 0.6 is 0 Å². The fraction of sp³-hybridized carbons (Fsp3) is 0.0800. The maximum Gasteiger partial charge on any atom is 0.337 e. The maximum absolute atomic E-state index is 13.4. The Labute approximate surface area is 187 Å². The lowest BCUT2D eigenvalue weighted by Gasteiger charge is -2.24. The van der Waals surface area contributed by atoms with Gasteiger partial charge in [-0.3, -0.25) is 14.5 Å². The van der Waals surface area contributed by atoms with Crippen molar-refractivity contribution in [1.82, 2.24) is 0 Å². The molecule has 0 radical (unpaired) electrons. The molecule has 0 saturated carbocycles. The van der Waals surface area contributed by atoms with Gasteiger partial charge in [-0.25, -0.2) is 4.79 Å². The van der Waals surface area contributed by atoms with Gasteiger partial charge in [-0.1, -0.05) is 18.2 Å². The fourth-order valence-corrected chi connectivity index (χ4v) is 3.92. The minimum atomic E-state index is -1.03. The summed E-state index contributed by atoms with van der Waals surface area (Å²) in [7, 11) is 1.27. The number of aliphatic hydroxyl groups excluding tert-OH is 1. The minimum Gasteiger partial charge on any atom is -0.503 e. The van der Waals surface area contributed by atoms with Crippen molar-refractivity contribution in [2.24, 2.45) is 0 Å². The number of hydrogen-bond donors (Lipinski definition) is 1. The molecule has 5 rings (SSSR count). The Morgan fingerprint density at radius 3 is 2.45 bits per heavy atom. The zero-order valence-electron chi connectivity index (χ0n) is 17.3. The van der Waals surface area contributed by atoms with Gasteiger partial charge in [0.2, 0.25) is 5.78 Å². The van der Waals surface area contributed by atoms with E-state index in [0.717, 1.165) is 5.39 Å². The van der Waals surface area contributed by atoms with Gasteiger partial charge in [0.25, 0.3) is 5.91 Å². The van der Waals surface area contributed by atoms with Crippen LogP contribution in [0.25, 0.3) is 11.0 Å². The van der Waals surface area contributed by atoms with Crippen molar-refractivity contribution < 1.29 is 33.1 Å². The number of anilines is 1. The summed E-state index contributed by atoms with van der Waals surface area (Å²) in [4.78, 5) is 39.6. The Bertz CT molecular complexity index is 1380. The number of aliphatic hydroxyl groups is 1. The van der Waals surface area contributed by atoms with Crippen molar-refractivity contribution in [2.75, 3.05) is 12.0 Å². The van der Waals surface area contributed by atoms with Crippen LogP contribution in [0.1, 0.15) is 32.7 Å². The molecule has 0 bridgehead atoms. The summed E-state index contributed by atoms with van der Waals surface area (Å²) in [6, 6.07) is 16.9. The number of carbonyl (C=O) groups is 3. The molecule has 0 fully saturated rings. The van der Waals surface area contributed by atoms with Crippen molar-refractivity contribution >= 4 is 34.3 Å². The molecule has 0 spiro atoms. The van der Waals surface area contributed by atoms with Gasteiger partial charge >= 0.3 is 5.97 Å². The lowest BCUT2D eigenvalue weighted by Crippen LogP contribution is -2.30. The number of benzene rings is 2. The van der Waals surface area contributed by atoms with E-state index < -0.39 is 29.5 Å². The zero-order chi connectivity index (χ0) is 23.1. The number of para-hydroxylation sites is 1. The lowest BCUT2D eigenvalue weighted by molar-refractivity contribution is -0.117. The molecule has 0 saturated heterocycles. The predicted molar refractivity (Wildman–Crippen MR) is 117 cm³/mol. The van der Waals surface area contributed by atoms with Crippen LogP contribution in [0.2, 0.25) is 0 Å². The van der Waals surface area contributed by atoms with Crippen LogP contribution in [0.4, 0.5) is 5.69 Å². The molecule has 8 nitrogen and oxygen atoms in total. The first-order chi connectivity index (χ1) is 16.0. The molecule has 4 aromatic rings. The van der Waals surface area contributed by atoms with Gasteiger partial charge in [-0.05, 0) is 48.5 Å². The van der Waals surface area contributed by atoms with E-state index in [9.17, 15) is 19.5 Å². The van der Waals surface area contributed by atoms with E-state index >= 15 is 0 Å². The maximum atomic E-state index is 13.4. The molecule has 1 amide bonds. The summed E-state index contributed by atoms with van der Waals surface area (Å²) in [5.74, 6) is -2.36. The van der Waals surface area contributed by atoms with E-state index in [-0.39, 0.29) is 17.1 Å². The molecular weight excluding hydrogens is 426 g/mol. The zero-order valence-corrected chi connectivity index (χ0v) is 17.3. The number of hydrogen-bond acceptors (Lipinski definition) is 7.